The molecule has 0 fully saturated rings. The van der Waals surface area contributed by atoms with E-state index in [0.29, 0.717) is 41.0 Å². The third-order valence-corrected chi connectivity index (χ3v) is 10.2. The van der Waals surface area contributed by atoms with E-state index < -0.39 is 15.9 Å². The number of fused-ring (bicyclic) bond motifs is 1. The van der Waals surface area contributed by atoms with Crippen LogP contribution >= 0.6 is 22.9 Å². The summed E-state index contributed by atoms with van der Waals surface area (Å²) in [6.45, 7) is 4.29. The first-order valence-corrected chi connectivity index (χ1v) is 15.4. The molecule has 1 heterocycles. The third-order valence-electron chi connectivity index (χ3n) is 6.49. The van der Waals surface area contributed by atoms with Crippen molar-refractivity contribution in [1.82, 2.24) is 5.32 Å². The minimum atomic E-state index is -3.30. The molecular weight excluding hydrogens is 530 g/mol. The highest BCUT2D eigenvalue weighted by atomic mass is 35.5. The Bertz CT molecular complexity index is 1340. The van der Waals surface area contributed by atoms with Gasteiger partial charge in [-0.3, -0.25) is 0 Å². The quantitative estimate of drug-likeness (QED) is 0.292. The standard InChI is InChI=1S/C28H32ClNO5S2/c1-3-34-28(31)30-26-11-9-21-8-10-23(17-24(21)25(26)16-20-6-4-7-22(29)15-20)35-12-5-13-37(32,33)27-14-19(2)18-36-27/h4,6-8,10,14-15,17-18,25-26H,3,5,9,11-13,16H2,1-2H3,(H,30,31). The van der Waals surface area contributed by atoms with E-state index >= 15 is 0 Å². The van der Waals surface area contributed by atoms with E-state index in [4.69, 9.17) is 21.1 Å². The molecule has 3 aromatic rings. The molecule has 2 aromatic carbocycles. The Morgan fingerprint density at radius 2 is 2.03 bits per heavy atom. The Morgan fingerprint density at radius 1 is 1.19 bits per heavy atom. The van der Waals surface area contributed by atoms with Crippen molar-refractivity contribution in [2.45, 2.75) is 55.7 Å². The molecule has 2 atom stereocenters. The fourth-order valence-corrected chi connectivity index (χ4v) is 7.62. The second-order valence-corrected chi connectivity index (χ2v) is 13.0. The Labute approximate surface area is 227 Å². The number of hydrogen-bond acceptors (Lipinski definition) is 6. The number of rotatable bonds is 10. The molecular formula is C28H32ClNO5S2. The number of nitrogens with one attached hydrogen (secondary N) is 1. The molecule has 0 aliphatic heterocycles. The lowest BCUT2D eigenvalue weighted by Gasteiger charge is -2.34. The fraction of sp³-hybridized carbons (Fsp3) is 0.393. The fourth-order valence-electron chi connectivity index (χ4n) is 4.74. The first-order chi connectivity index (χ1) is 17.7. The van der Waals surface area contributed by atoms with Crippen molar-refractivity contribution in [1.29, 1.82) is 0 Å². The lowest BCUT2D eigenvalue weighted by Crippen LogP contribution is -2.43. The average molecular weight is 562 g/mol. The van der Waals surface area contributed by atoms with E-state index in [2.05, 4.69) is 11.4 Å². The number of carbonyl (C=O) groups is 1. The molecule has 1 amide bonds. The summed E-state index contributed by atoms with van der Waals surface area (Å²) in [7, 11) is -3.30. The van der Waals surface area contributed by atoms with Crippen LogP contribution in [-0.4, -0.2) is 39.5 Å². The molecule has 0 saturated carbocycles. The number of alkyl carbamates (subject to hydrolysis) is 1. The number of carbonyl (C=O) groups excluding carboxylic acids is 1. The highest BCUT2D eigenvalue weighted by Crippen LogP contribution is 2.37. The van der Waals surface area contributed by atoms with Crippen molar-refractivity contribution in [3.8, 4) is 5.75 Å². The van der Waals surface area contributed by atoms with Crippen LogP contribution in [0, 0.1) is 6.92 Å². The first-order valence-electron chi connectivity index (χ1n) is 12.5. The van der Waals surface area contributed by atoms with Crippen LogP contribution in [0.2, 0.25) is 5.02 Å². The summed E-state index contributed by atoms with van der Waals surface area (Å²) in [5.41, 5.74) is 4.38. The molecule has 4 rings (SSSR count). The zero-order valence-corrected chi connectivity index (χ0v) is 23.4. The largest absolute Gasteiger partial charge is 0.494 e. The summed E-state index contributed by atoms with van der Waals surface area (Å²) in [6.07, 6.45) is 2.32. The molecule has 0 spiro atoms. The van der Waals surface area contributed by atoms with Crippen LogP contribution in [-0.2, 0) is 27.4 Å². The minimum absolute atomic E-state index is 0.0117. The smallest absolute Gasteiger partial charge is 0.407 e. The van der Waals surface area contributed by atoms with Gasteiger partial charge in [-0.25, -0.2) is 13.2 Å². The summed E-state index contributed by atoms with van der Waals surface area (Å²) in [6, 6.07) is 15.4. The molecule has 198 valence electrons. The molecule has 1 aromatic heterocycles. The highest BCUT2D eigenvalue weighted by molar-refractivity contribution is 7.93. The first kappa shape index (κ1) is 27.5. The number of halogens is 1. The van der Waals surface area contributed by atoms with Gasteiger partial charge in [0.25, 0.3) is 0 Å². The van der Waals surface area contributed by atoms with Gasteiger partial charge in [0.15, 0.2) is 9.84 Å². The van der Waals surface area contributed by atoms with Gasteiger partial charge in [-0.05, 0) is 97.5 Å². The third kappa shape index (κ3) is 7.27. The molecule has 0 radical (unpaired) electrons. The van der Waals surface area contributed by atoms with Crippen molar-refractivity contribution >= 4 is 38.9 Å². The maximum atomic E-state index is 12.6. The van der Waals surface area contributed by atoms with Crippen LogP contribution in [0.15, 0.2) is 58.1 Å². The molecule has 6 nitrogen and oxygen atoms in total. The number of sulfone groups is 1. The molecule has 37 heavy (non-hydrogen) atoms. The normalized spacial score (nSPS) is 17.2. The van der Waals surface area contributed by atoms with E-state index in [1.54, 1.807) is 13.0 Å². The van der Waals surface area contributed by atoms with Crippen molar-refractivity contribution in [3.05, 3.63) is 81.2 Å². The van der Waals surface area contributed by atoms with Crippen molar-refractivity contribution in [3.63, 3.8) is 0 Å². The number of ether oxygens (including phenoxy) is 2. The number of amides is 1. The van der Waals surface area contributed by atoms with Gasteiger partial charge < -0.3 is 14.8 Å². The minimum Gasteiger partial charge on any atom is -0.494 e. The van der Waals surface area contributed by atoms with Crippen LogP contribution in [0.5, 0.6) is 5.75 Å². The maximum Gasteiger partial charge on any atom is 0.407 e. The molecule has 1 aliphatic rings. The van der Waals surface area contributed by atoms with Crippen LogP contribution < -0.4 is 10.1 Å². The molecule has 9 heteroatoms. The summed E-state index contributed by atoms with van der Waals surface area (Å²) in [4.78, 5) is 12.3. The predicted octanol–water partition coefficient (Wildman–Crippen LogP) is 6.34. The monoisotopic (exact) mass is 561 g/mol. The Morgan fingerprint density at radius 3 is 2.76 bits per heavy atom. The van der Waals surface area contributed by atoms with Gasteiger partial charge >= 0.3 is 6.09 Å². The summed E-state index contributed by atoms with van der Waals surface area (Å²) in [5, 5.41) is 5.57. The van der Waals surface area contributed by atoms with Gasteiger partial charge in [-0.2, -0.15) is 0 Å². The average Bonchev–Trinajstić information content (AvgIpc) is 3.31. The molecule has 1 N–H and O–H groups in total. The lowest BCUT2D eigenvalue weighted by molar-refractivity contribution is 0.144. The van der Waals surface area contributed by atoms with Gasteiger partial charge in [0.1, 0.15) is 9.96 Å². The van der Waals surface area contributed by atoms with E-state index in [1.807, 2.05) is 48.7 Å². The topological polar surface area (TPSA) is 81.7 Å². The summed E-state index contributed by atoms with van der Waals surface area (Å²) in [5.74, 6) is 0.745. The van der Waals surface area contributed by atoms with Gasteiger partial charge in [0.05, 0.1) is 19.0 Å². The van der Waals surface area contributed by atoms with Gasteiger partial charge in [-0.1, -0.05) is 29.8 Å². The number of benzene rings is 2. The van der Waals surface area contributed by atoms with Crippen molar-refractivity contribution in [2.75, 3.05) is 19.0 Å². The van der Waals surface area contributed by atoms with E-state index in [9.17, 15) is 13.2 Å². The Kier molecular flexibility index (Phi) is 9.16. The summed E-state index contributed by atoms with van der Waals surface area (Å²) >= 11 is 7.50. The Hall–Kier alpha value is -2.55. The van der Waals surface area contributed by atoms with Gasteiger partial charge in [-0.15, -0.1) is 11.3 Å². The van der Waals surface area contributed by atoms with Crippen molar-refractivity contribution < 1.29 is 22.7 Å². The molecule has 1 aliphatic carbocycles. The molecule has 2 unspecified atom stereocenters. The van der Waals surface area contributed by atoms with Crippen LogP contribution in [0.4, 0.5) is 4.79 Å². The van der Waals surface area contributed by atoms with E-state index in [1.165, 1.54) is 16.9 Å². The molecule has 0 saturated heterocycles. The Balaban J connectivity index is 1.48. The molecule has 0 bridgehead atoms. The second-order valence-electron chi connectivity index (χ2n) is 9.28. The van der Waals surface area contributed by atoms with E-state index in [-0.39, 0.29) is 17.7 Å². The van der Waals surface area contributed by atoms with Crippen LogP contribution in [0.3, 0.4) is 0 Å². The number of hydrogen-bond donors (Lipinski definition) is 1. The SMILES string of the molecule is CCOC(=O)NC1CCc2ccc(OCCCS(=O)(=O)c3cc(C)cs3)cc2C1Cc1cccc(Cl)c1. The maximum absolute atomic E-state index is 12.6. The van der Waals surface area contributed by atoms with Crippen molar-refractivity contribution in [2.24, 2.45) is 0 Å². The number of thiophene rings is 1. The van der Waals surface area contributed by atoms with Crippen LogP contribution in [0.25, 0.3) is 0 Å². The zero-order chi connectivity index (χ0) is 26.4. The predicted molar refractivity (Wildman–Crippen MR) is 148 cm³/mol. The number of aryl methyl sites for hydroxylation is 2. The van der Waals surface area contributed by atoms with E-state index in [0.717, 1.165) is 29.5 Å². The van der Waals surface area contributed by atoms with Gasteiger partial charge in [0, 0.05) is 17.0 Å². The highest BCUT2D eigenvalue weighted by Gasteiger charge is 2.31. The van der Waals surface area contributed by atoms with Gasteiger partial charge in [0.2, 0.25) is 0 Å². The second kappa shape index (κ2) is 12.3. The van der Waals surface area contributed by atoms with Crippen LogP contribution in [0.1, 0.15) is 47.9 Å². The zero-order valence-electron chi connectivity index (χ0n) is 21.0. The lowest BCUT2D eigenvalue weighted by atomic mass is 9.76. The summed E-state index contributed by atoms with van der Waals surface area (Å²) < 4.78 is 36.7.